The van der Waals surface area contributed by atoms with Gasteiger partial charge in [0.2, 0.25) is 0 Å². The number of aromatic amines is 1. The molecule has 0 saturated heterocycles. The number of thiazole rings is 1. The third kappa shape index (κ3) is 2.92. The molecule has 0 bridgehead atoms. The van der Waals surface area contributed by atoms with Crippen LogP contribution < -0.4 is 10.1 Å². The lowest BCUT2D eigenvalue weighted by Gasteiger charge is -2.04. The Balaban J connectivity index is 2.10. The van der Waals surface area contributed by atoms with Crippen molar-refractivity contribution in [3.8, 4) is 5.75 Å². The molecule has 0 atom stereocenters. The Labute approximate surface area is 107 Å². The molecular formula is C11H10N2O2S2. The number of carbonyl (C=O) groups is 1. The molecule has 2 N–H and O–H groups in total. The van der Waals surface area contributed by atoms with Crippen molar-refractivity contribution >= 4 is 35.1 Å². The van der Waals surface area contributed by atoms with Crippen LogP contribution in [0.2, 0.25) is 0 Å². The van der Waals surface area contributed by atoms with E-state index in [1.54, 1.807) is 36.8 Å². The van der Waals surface area contributed by atoms with Gasteiger partial charge in [-0.3, -0.25) is 4.79 Å². The molecule has 0 spiro atoms. The second-order valence-electron chi connectivity index (χ2n) is 3.24. The zero-order valence-corrected chi connectivity index (χ0v) is 10.7. The molecule has 0 aliphatic carbocycles. The van der Waals surface area contributed by atoms with Gasteiger partial charge in [0.15, 0.2) is 3.95 Å². The van der Waals surface area contributed by atoms with Gasteiger partial charge in [0, 0.05) is 11.1 Å². The van der Waals surface area contributed by atoms with E-state index in [0.717, 1.165) is 5.75 Å². The minimum atomic E-state index is -0.206. The lowest BCUT2D eigenvalue weighted by atomic mass is 10.3. The summed E-state index contributed by atoms with van der Waals surface area (Å²) in [5.74, 6) is 0.542. The first-order valence-electron chi connectivity index (χ1n) is 4.82. The monoisotopic (exact) mass is 266 g/mol. The van der Waals surface area contributed by atoms with Gasteiger partial charge in [0.1, 0.15) is 11.4 Å². The van der Waals surface area contributed by atoms with Gasteiger partial charge >= 0.3 is 0 Å². The summed E-state index contributed by atoms with van der Waals surface area (Å²) in [7, 11) is 1.60. The van der Waals surface area contributed by atoms with Crippen molar-refractivity contribution in [2.45, 2.75) is 0 Å². The number of amides is 1. The van der Waals surface area contributed by atoms with Crippen LogP contribution >= 0.6 is 23.6 Å². The molecule has 1 amide bonds. The fraction of sp³-hybridized carbons (Fsp3) is 0.0909. The quantitative estimate of drug-likeness (QED) is 0.839. The fourth-order valence-corrected chi connectivity index (χ4v) is 2.08. The lowest BCUT2D eigenvalue weighted by Crippen LogP contribution is -2.11. The van der Waals surface area contributed by atoms with E-state index in [9.17, 15) is 4.79 Å². The second-order valence-corrected chi connectivity index (χ2v) is 4.79. The summed E-state index contributed by atoms with van der Waals surface area (Å²) >= 11 is 6.24. The average molecular weight is 266 g/mol. The van der Waals surface area contributed by atoms with E-state index in [1.807, 2.05) is 0 Å². The lowest BCUT2D eigenvalue weighted by molar-refractivity contribution is 0.102. The highest BCUT2D eigenvalue weighted by Crippen LogP contribution is 2.16. The third-order valence-electron chi connectivity index (χ3n) is 2.11. The molecule has 17 heavy (non-hydrogen) atoms. The van der Waals surface area contributed by atoms with Crippen LogP contribution in [0.5, 0.6) is 5.75 Å². The van der Waals surface area contributed by atoms with Crippen LogP contribution in [-0.2, 0) is 0 Å². The van der Waals surface area contributed by atoms with Gasteiger partial charge in [-0.25, -0.2) is 0 Å². The maximum absolute atomic E-state index is 11.8. The summed E-state index contributed by atoms with van der Waals surface area (Å²) < 4.78 is 5.62. The Bertz CT molecular complexity index is 572. The van der Waals surface area contributed by atoms with Crippen molar-refractivity contribution in [1.29, 1.82) is 0 Å². The van der Waals surface area contributed by atoms with Crippen molar-refractivity contribution in [2.24, 2.45) is 0 Å². The summed E-state index contributed by atoms with van der Waals surface area (Å²) in [4.78, 5) is 14.6. The minimum absolute atomic E-state index is 0.206. The van der Waals surface area contributed by atoms with E-state index < -0.39 is 0 Å². The fourth-order valence-electron chi connectivity index (χ4n) is 1.26. The molecule has 1 aromatic heterocycles. The molecule has 4 nitrogen and oxygen atoms in total. The second kappa shape index (κ2) is 5.11. The number of rotatable bonds is 3. The van der Waals surface area contributed by atoms with E-state index in [-0.39, 0.29) is 5.91 Å². The Morgan fingerprint density at radius 2 is 2.12 bits per heavy atom. The number of nitrogens with one attached hydrogen (secondary N) is 2. The van der Waals surface area contributed by atoms with Crippen LogP contribution in [0.3, 0.4) is 0 Å². The number of hydrogen-bond acceptors (Lipinski definition) is 4. The van der Waals surface area contributed by atoms with Gasteiger partial charge in [-0.05, 0) is 36.5 Å². The summed E-state index contributed by atoms with van der Waals surface area (Å²) in [6, 6.07) is 7.12. The molecule has 88 valence electrons. The molecule has 2 aromatic rings. The van der Waals surface area contributed by atoms with E-state index in [4.69, 9.17) is 17.0 Å². The predicted octanol–water partition coefficient (Wildman–Crippen LogP) is 3.07. The summed E-state index contributed by atoms with van der Waals surface area (Å²) in [6.07, 6.45) is 0. The van der Waals surface area contributed by atoms with Crippen molar-refractivity contribution in [3.05, 3.63) is 39.3 Å². The zero-order chi connectivity index (χ0) is 12.3. The highest BCUT2D eigenvalue weighted by atomic mass is 32.1. The number of hydrogen-bond donors (Lipinski definition) is 2. The van der Waals surface area contributed by atoms with E-state index >= 15 is 0 Å². The predicted molar refractivity (Wildman–Crippen MR) is 70.5 cm³/mol. The van der Waals surface area contributed by atoms with E-state index in [2.05, 4.69) is 10.3 Å². The third-order valence-corrected chi connectivity index (χ3v) is 3.17. The molecule has 2 rings (SSSR count). The average Bonchev–Trinajstić information content (AvgIpc) is 2.77. The van der Waals surface area contributed by atoms with Gasteiger partial charge in [0.05, 0.1) is 7.11 Å². The van der Waals surface area contributed by atoms with Crippen LogP contribution in [-0.4, -0.2) is 18.0 Å². The molecule has 0 aliphatic heterocycles. The largest absolute Gasteiger partial charge is 0.497 e. The molecular weight excluding hydrogens is 256 g/mol. The van der Waals surface area contributed by atoms with Crippen molar-refractivity contribution in [2.75, 3.05) is 12.4 Å². The van der Waals surface area contributed by atoms with Crippen LogP contribution in [0.25, 0.3) is 0 Å². The summed E-state index contributed by atoms with van der Waals surface area (Å²) in [6.45, 7) is 0. The highest BCUT2D eigenvalue weighted by molar-refractivity contribution is 7.73. The standard InChI is InChI=1S/C11H10N2O2S2/c1-15-8-4-2-7(3-5-8)12-10(14)9-6-17-11(16)13-9/h2-6H,1H3,(H,12,14)(H,13,16). The van der Waals surface area contributed by atoms with Crippen LogP contribution in [0.1, 0.15) is 10.5 Å². The molecule has 1 heterocycles. The van der Waals surface area contributed by atoms with Gasteiger partial charge in [-0.1, -0.05) is 0 Å². The number of methoxy groups -OCH3 is 1. The SMILES string of the molecule is COc1ccc(NC(=O)c2csc(=S)[nH]2)cc1. The smallest absolute Gasteiger partial charge is 0.272 e. The first-order valence-corrected chi connectivity index (χ1v) is 6.11. The molecule has 0 fully saturated rings. The van der Waals surface area contributed by atoms with Crippen LogP contribution in [0.4, 0.5) is 5.69 Å². The van der Waals surface area contributed by atoms with Gasteiger partial charge in [-0.15, -0.1) is 11.3 Å². The van der Waals surface area contributed by atoms with E-state index in [0.29, 0.717) is 15.3 Å². The molecule has 6 heteroatoms. The maximum atomic E-state index is 11.8. The zero-order valence-electron chi connectivity index (χ0n) is 9.02. The normalized spacial score (nSPS) is 9.94. The number of aromatic nitrogens is 1. The van der Waals surface area contributed by atoms with Crippen molar-refractivity contribution < 1.29 is 9.53 Å². The Hall–Kier alpha value is -1.66. The first kappa shape index (κ1) is 11.8. The topological polar surface area (TPSA) is 54.1 Å². The molecule has 0 radical (unpaired) electrons. The molecule has 0 saturated carbocycles. The summed E-state index contributed by atoms with van der Waals surface area (Å²) in [5.41, 5.74) is 1.18. The van der Waals surface area contributed by atoms with Crippen molar-refractivity contribution in [3.63, 3.8) is 0 Å². The molecule has 0 aliphatic rings. The Morgan fingerprint density at radius 3 is 2.65 bits per heavy atom. The van der Waals surface area contributed by atoms with Crippen molar-refractivity contribution in [1.82, 2.24) is 4.98 Å². The highest BCUT2D eigenvalue weighted by Gasteiger charge is 2.07. The van der Waals surface area contributed by atoms with Gasteiger partial charge < -0.3 is 15.0 Å². The number of carbonyl (C=O) groups excluding carboxylic acids is 1. The number of anilines is 1. The summed E-state index contributed by atoms with van der Waals surface area (Å²) in [5, 5.41) is 4.45. The van der Waals surface area contributed by atoms with Gasteiger partial charge in [-0.2, -0.15) is 0 Å². The van der Waals surface area contributed by atoms with Crippen LogP contribution in [0.15, 0.2) is 29.6 Å². The minimum Gasteiger partial charge on any atom is -0.497 e. The Morgan fingerprint density at radius 1 is 1.41 bits per heavy atom. The maximum Gasteiger partial charge on any atom is 0.272 e. The first-order chi connectivity index (χ1) is 8.19. The number of benzene rings is 1. The molecule has 0 unspecified atom stereocenters. The number of ether oxygens (including phenoxy) is 1. The molecule has 1 aromatic carbocycles. The Kier molecular flexibility index (Phi) is 3.55. The van der Waals surface area contributed by atoms with Crippen LogP contribution in [0, 0.1) is 3.95 Å². The van der Waals surface area contributed by atoms with E-state index in [1.165, 1.54) is 11.3 Å². The van der Waals surface area contributed by atoms with Gasteiger partial charge in [0.25, 0.3) is 5.91 Å². The number of H-pyrrole nitrogens is 1.